The number of ether oxygens (including phenoxy) is 1. The van der Waals surface area contributed by atoms with Crippen molar-refractivity contribution in [3.63, 3.8) is 0 Å². The van der Waals surface area contributed by atoms with Crippen molar-refractivity contribution in [1.82, 2.24) is 9.38 Å². The molecule has 1 aromatic carbocycles. The zero-order valence-electron chi connectivity index (χ0n) is 13.9. The SMILES string of the molecule is CCc1sc2nc(CC(=O)O)cn2c1-c1ccc(OC(C)C)cc1. The topological polar surface area (TPSA) is 63.8 Å². The van der Waals surface area contributed by atoms with Crippen molar-refractivity contribution < 1.29 is 14.6 Å². The van der Waals surface area contributed by atoms with E-state index in [1.165, 1.54) is 4.88 Å². The first-order chi connectivity index (χ1) is 11.5. The molecule has 0 amide bonds. The van der Waals surface area contributed by atoms with Crippen LogP contribution >= 0.6 is 11.3 Å². The maximum absolute atomic E-state index is 10.9. The van der Waals surface area contributed by atoms with E-state index < -0.39 is 5.97 Å². The van der Waals surface area contributed by atoms with E-state index in [-0.39, 0.29) is 12.5 Å². The van der Waals surface area contributed by atoms with E-state index in [2.05, 4.69) is 11.9 Å². The summed E-state index contributed by atoms with van der Waals surface area (Å²) < 4.78 is 7.70. The van der Waals surface area contributed by atoms with Crippen LogP contribution in [0.1, 0.15) is 31.3 Å². The molecule has 126 valence electrons. The molecular formula is C18H20N2O3S. The van der Waals surface area contributed by atoms with E-state index in [1.54, 1.807) is 11.3 Å². The van der Waals surface area contributed by atoms with Crippen LogP contribution < -0.4 is 4.74 Å². The summed E-state index contributed by atoms with van der Waals surface area (Å²) in [5.74, 6) is -0.0244. The first kappa shape index (κ1) is 16.5. The van der Waals surface area contributed by atoms with E-state index in [0.29, 0.717) is 5.69 Å². The third kappa shape index (κ3) is 3.28. The van der Waals surface area contributed by atoms with Crippen LogP contribution in [-0.2, 0) is 17.6 Å². The molecule has 0 spiro atoms. The van der Waals surface area contributed by atoms with E-state index >= 15 is 0 Å². The third-order valence-corrected chi connectivity index (χ3v) is 4.79. The predicted octanol–water partition coefficient (Wildman–Crippen LogP) is 4.04. The molecule has 0 aliphatic heterocycles. The molecule has 0 radical (unpaired) electrons. The molecule has 0 unspecified atom stereocenters. The Balaban J connectivity index is 2.02. The van der Waals surface area contributed by atoms with Gasteiger partial charge in [0, 0.05) is 11.1 Å². The number of hydrogen-bond acceptors (Lipinski definition) is 4. The van der Waals surface area contributed by atoms with Crippen molar-refractivity contribution in [2.45, 2.75) is 39.7 Å². The number of carbonyl (C=O) groups is 1. The van der Waals surface area contributed by atoms with Crippen molar-refractivity contribution in [2.75, 3.05) is 0 Å². The van der Waals surface area contributed by atoms with Crippen LogP contribution in [0.15, 0.2) is 30.5 Å². The van der Waals surface area contributed by atoms with Gasteiger partial charge in [0.2, 0.25) is 0 Å². The van der Waals surface area contributed by atoms with Crippen LogP contribution in [-0.4, -0.2) is 26.6 Å². The summed E-state index contributed by atoms with van der Waals surface area (Å²) in [5, 5.41) is 8.96. The first-order valence-corrected chi connectivity index (χ1v) is 8.78. The average Bonchev–Trinajstić information content (AvgIpc) is 3.03. The fraction of sp³-hybridized carbons (Fsp3) is 0.333. The van der Waals surface area contributed by atoms with Crippen LogP contribution in [0.2, 0.25) is 0 Å². The molecule has 0 saturated heterocycles. The number of thiazole rings is 1. The van der Waals surface area contributed by atoms with Gasteiger partial charge in [-0.15, -0.1) is 11.3 Å². The molecular weight excluding hydrogens is 324 g/mol. The highest BCUT2D eigenvalue weighted by Crippen LogP contribution is 2.33. The van der Waals surface area contributed by atoms with Crippen LogP contribution in [0.3, 0.4) is 0 Å². The Kier molecular flexibility index (Phi) is 4.57. The van der Waals surface area contributed by atoms with Crippen LogP contribution in [0.4, 0.5) is 0 Å². The van der Waals surface area contributed by atoms with Crippen molar-refractivity contribution in [2.24, 2.45) is 0 Å². The number of fused-ring (bicyclic) bond motifs is 1. The highest BCUT2D eigenvalue weighted by molar-refractivity contribution is 7.17. The summed E-state index contributed by atoms with van der Waals surface area (Å²) in [5.41, 5.74) is 2.74. The summed E-state index contributed by atoms with van der Waals surface area (Å²) in [6.07, 6.45) is 2.81. The second-order valence-electron chi connectivity index (χ2n) is 5.87. The van der Waals surface area contributed by atoms with Gasteiger partial charge >= 0.3 is 5.97 Å². The maximum atomic E-state index is 10.9. The monoisotopic (exact) mass is 344 g/mol. The summed E-state index contributed by atoms with van der Waals surface area (Å²) in [4.78, 5) is 17.4. The molecule has 5 nitrogen and oxygen atoms in total. The number of aromatic nitrogens is 2. The van der Waals surface area contributed by atoms with Gasteiger partial charge in [0.1, 0.15) is 5.75 Å². The fourth-order valence-electron chi connectivity index (χ4n) is 2.68. The van der Waals surface area contributed by atoms with Crippen molar-refractivity contribution in [1.29, 1.82) is 0 Å². The fourth-order valence-corrected chi connectivity index (χ4v) is 3.76. The lowest BCUT2D eigenvalue weighted by atomic mass is 10.1. The molecule has 0 bridgehead atoms. The summed E-state index contributed by atoms with van der Waals surface area (Å²) in [6.45, 7) is 6.12. The molecule has 3 aromatic rings. The van der Waals surface area contributed by atoms with Gasteiger partial charge in [-0.1, -0.05) is 6.92 Å². The molecule has 2 aromatic heterocycles. The normalized spacial score (nSPS) is 11.3. The third-order valence-electron chi connectivity index (χ3n) is 3.60. The minimum atomic E-state index is -0.867. The molecule has 24 heavy (non-hydrogen) atoms. The minimum Gasteiger partial charge on any atom is -0.491 e. The second kappa shape index (κ2) is 6.65. The number of nitrogens with zero attached hydrogens (tertiary/aromatic N) is 2. The molecule has 1 N–H and O–H groups in total. The van der Waals surface area contributed by atoms with Crippen molar-refractivity contribution in [3.8, 4) is 17.0 Å². The van der Waals surface area contributed by atoms with Gasteiger partial charge in [-0.3, -0.25) is 9.20 Å². The Morgan fingerprint density at radius 3 is 2.62 bits per heavy atom. The first-order valence-electron chi connectivity index (χ1n) is 7.96. The zero-order valence-corrected chi connectivity index (χ0v) is 14.8. The summed E-state index contributed by atoms with van der Waals surface area (Å²) in [6, 6.07) is 8.01. The number of aliphatic carboxylic acids is 1. The highest BCUT2D eigenvalue weighted by atomic mass is 32.1. The van der Waals surface area contributed by atoms with Gasteiger partial charge in [0.25, 0.3) is 0 Å². The van der Waals surface area contributed by atoms with Gasteiger partial charge in [-0.2, -0.15) is 0 Å². The lowest BCUT2D eigenvalue weighted by molar-refractivity contribution is -0.136. The average molecular weight is 344 g/mol. The number of aryl methyl sites for hydroxylation is 1. The lowest BCUT2D eigenvalue weighted by Crippen LogP contribution is -2.05. The Hall–Kier alpha value is -2.34. The Bertz CT molecular complexity index is 862. The number of benzene rings is 1. The molecule has 0 atom stereocenters. The van der Waals surface area contributed by atoms with Crippen molar-refractivity contribution >= 4 is 22.3 Å². The number of carboxylic acids is 1. The van der Waals surface area contributed by atoms with E-state index in [4.69, 9.17) is 9.84 Å². The lowest BCUT2D eigenvalue weighted by Gasteiger charge is -2.10. The Morgan fingerprint density at radius 2 is 2.04 bits per heavy atom. The Labute approximate surface area is 144 Å². The van der Waals surface area contributed by atoms with Gasteiger partial charge < -0.3 is 9.84 Å². The number of carboxylic acid groups (broad SMARTS) is 1. The smallest absolute Gasteiger partial charge is 0.309 e. The zero-order chi connectivity index (χ0) is 17.3. The Morgan fingerprint density at radius 1 is 1.33 bits per heavy atom. The van der Waals surface area contributed by atoms with Gasteiger partial charge in [-0.05, 0) is 50.1 Å². The second-order valence-corrected chi connectivity index (χ2v) is 6.94. The predicted molar refractivity (Wildman–Crippen MR) is 95.0 cm³/mol. The van der Waals surface area contributed by atoms with Gasteiger partial charge in [-0.25, -0.2) is 4.98 Å². The molecule has 0 aliphatic carbocycles. The van der Waals surface area contributed by atoms with Crippen molar-refractivity contribution in [3.05, 3.63) is 41.0 Å². The summed E-state index contributed by atoms with van der Waals surface area (Å²) >= 11 is 1.61. The molecule has 0 fully saturated rings. The number of rotatable bonds is 6. The van der Waals surface area contributed by atoms with Gasteiger partial charge in [0.15, 0.2) is 4.96 Å². The van der Waals surface area contributed by atoms with Crippen LogP contribution in [0, 0.1) is 0 Å². The standard InChI is InChI=1S/C18H20N2O3S/c1-4-15-17(12-5-7-14(8-6-12)23-11(2)3)20-10-13(9-16(21)22)19-18(20)24-15/h5-8,10-11H,4,9H2,1-3H3,(H,21,22). The molecule has 3 rings (SSSR count). The largest absolute Gasteiger partial charge is 0.491 e. The minimum absolute atomic E-state index is 0.0591. The highest BCUT2D eigenvalue weighted by Gasteiger charge is 2.16. The molecule has 0 saturated carbocycles. The summed E-state index contributed by atoms with van der Waals surface area (Å²) in [7, 11) is 0. The number of imidazole rings is 1. The maximum Gasteiger partial charge on any atom is 0.309 e. The number of hydrogen-bond donors (Lipinski definition) is 1. The van der Waals surface area contributed by atoms with Gasteiger partial charge in [0.05, 0.1) is 23.9 Å². The van der Waals surface area contributed by atoms with E-state index in [1.807, 2.05) is 48.7 Å². The van der Waals surface area contributed by atoms with Crippen LogP contribution in [0.5, 0.6) is 5.75 Å². The quantitative estimate of drug-likeness (QED) is 0.733. The van der Waals surface area contributed by atoms with Crippen LogP contribution in [0.25, 0.3) is 16.2 Å². The molecule has 6 heteroatoms. The molecule has 2 heterocycles. The van der Waals surface area contributed by atoms with E-state index in [0.717, 1.165) is 28.4 Å². The molecule has 0 aliphatic rings. The van der Waals surface area contributed by atoms with E-state index in [9.17, 15) is 4.79 Å².